The number of hydrogen-bond acceptors (Lipinski definition) is 5. The minimum Gasteiger partial charge on any atom is -0.491 e. The van der Waals surface area contributed by atoms with Crippen molar-refractivity contribution < 1.29 is 14.2 Å². The second-order valence-electron chi connectivity index (χ2n) is 7.29. The van der Waals surface area contributed by atoms with Crippen molar-refractivity contribution in [2.24, 2.45) is 0 Å². The van der Waals surface area contributed by atoms with Crippen LogP contribution in [0, 0.1) is 0 Å². The van der Waals surface area contributed by atoms with E-state index in [1.54, 1.807) is 11.8 Å². The number of nitrogens with two attached hydrogens (primary N) is 1. The first kappa shape index (κ1) is 20.3. The van der Waals surface area contributed by atoms with E-state index < -0.39 is 0 Å². The Morgan fingerprint density at radius 1 is 1.19 bits per heavy atom. The minimum atomic E-state index is -0.172. The van der Waals surface area contributed by atoms with Crippen LogP contribution in [-0.2, 0) is 14.9 Å². The Bertz CT molecular complexity index is 692. The molecule has 6 nitrogen and oxygen atoms in total. The summed E-state index contributed by atoms with van der Waals surface area (Å²) in [6.07, 6.45) is 1.72. The van der Waals surface area contributed by atoms with Crippen LogP contribution in [0.4, 0.5) is 5.82 Å². The summed E-state index contributed by atoms with van der Waals surface area (Å²) in [6, 6.07) is 9.64. The van der Waals surface area contributed by atoms with E-state index in [-0.39, 0.29) is 11.7 Å². The van der Waals surface area contributed by atoms with Crippen molar-refractivity contribution in [1.29, 1.82) is 0 Å². The van der Waals surface area contributed by atoms with E-state index in [0.717, 1.165) is 30.0 Å². The van der Waals surface area contributed by atoms with Gasteiger partial charge < -0.3 is 19.9 Å². The highest BCUT2D eigenvalue weighted by molar-refractivity contribution is 5.46. The summed E-state index contributed by atoms with van der Waals surface area (Å²) in [5, 5.41) is 4.64. The van der Waals surface area contributed by atoms with Crippen LogP contribution >= 0.6 is 0 Å². The molecule has 2 aromatic rings. The maximum absolute atomic E-state index is 6.14. The third kappa shape index (κ3) is 5.47. The van der Waals surface area contributed by atoms with Gasteiger partial charge in [-0.25, -0.2) is 4.68 Å². The first-order chi connectivity index (χ1) is 12.3. The van der Waals surface area contributed by atoms with E-state index in [1.165, 1.54) is 0 Å². The van der Waals surface area contributed by atoms with E-state index in [4.69, 9.17) is 19.9 Å². The zero-order chi connectivity index (χ0) is 19.2. The predicted octanol–water partition coefficient (Wildman–Crippen LogP) is 3.92. The molecule has 1 heterocycles. The Hall–Kier alpha value is -2.05. The average molecular weight is 361 g/mol. The summed E-state index contributed by atoms with van der Waals surface area (Å²) in [5.74, 6) is 1.36. The molecule has 0 saturated carbocycles. The maximum atomic E-state index is 6.14. The van der Waals surface area contributed by atoms with E-state index >= 15 is 0 Å². The van der Waals surface area contributed by atoms with Gasteiger partial charge in [-0.15, -0.1) is 0 Å². The lowest BCUT2D eigenvalue weighted by Gasteiger charge is -2.16. The maximum Gasteiger partial charge on any atom is 0.157 e. The van der Waals surface area contributed by atoms with Crippen molar-refractivity contribution in [2.75, 3.05) is 26.1 Å². The number of methoxy groups -OCH3 is 1. The van der Waals surface area contributed by atoms with Crippen LogP contribution in [0.5, 0.6) is 5.75 Å². The van der Waals surface area contributed by atoms with Gasteiger partial charge in [-0.1, -0.05) is 40.2 Å². The third-order valence-corrected chi connectivity index (χ3v) is 4.01. The van der Waals surface area contributed by atoms with Crippen LogP contribution in [0.15, 0.2) is 30.3 Å². The van der Waals surface area contributed by atoms with Gasteiger partial charge in [-0.3, -0.25) is 0 Å². The Kier molecular flexibility index (Phi) is 7.06. The Morgan fingerprint density at radius 2 is 1.96 bits per heavy atom. The molecule has 0 aliphatic carbocycles. The Labute approximate surface area is 156 Å². The fourth-order valence-corrected chi connectivity index (χ4v) is 2.52. The van der Waals surface area contributed by atoms with Crippen LogP contribution in [0.3, 0.4) is 0 Å². The molecule has 144 valence electrons. The second-order valence-corrected chi connectivity index (χ2v) is 7.29. The van der Waals surface area contributed by atoms with Gasteiger partial charge in [0, 0.05) is 24.7 Å². The first-order valence-corrected chi connectivity index (χ1v) is 9.08. The van der Waals surface area contributed by atoms with Crippen LogP contribution in [0.25, 0.3) is 5.69 Å². The minimum absolute atomic E-state index is 0.0544. The summed E-state index contributed by atoms with van der Waals surface area (Å²) in [7, 11) is 1.66. The van der Waals surface area contributed by atoms with Crippen molar-refractivity contribution in [3.05, 3.63) is 36.0 Å². The van der Waals surface area contributed by atoms with Gasteiger partial charge in [0.2, 0.25) is 0 Å². The van der Waals surface area contributed by atoms with Gasteiger partial charge in [0.15, 0.2) is 6.29 Å². The molecule has 0 aliphatic heterocycles. The molecule has 6 heteroatoms. The lowest BCUT2D eigenvalue weighted by molar-refractivity contribution is -0.131. The molecule has 0 aliphatic rings. The van der Waals surface area contributed by atoms with Gasteiger partial charge >= 0.3 is 0 Å². The predicted molar refractivity (Wildman–Crippen MR) is 104 cm³/mol. The van der Waals surface area contributed by atoms with Gasteiger partial charge in [0.1, 0.15) is 18.2 Å². The molecule has 0 fully saturated rings. The topological polar surface area (TPSA) is 71.5 Å². The number of aromatic nitrogens is 2. The second kappa shape index (κ2) is 9.05. The molecular weight excluding hydrogens is 330 g/mol. The molecule has 0 amide bonds. The largest absolute Gasteiger partial charge is 0.491 e. The van der Waals surface area contributed by atoms with Crippen LogP contribution < -0.4 is 10.5 Å². The SMILES string of the molecule is CCCC(OC)OCCOc1cccc(-n2nc(C(C)(C)C)cc2N)c1. The number of rotatable bonds is 9. The lowest BCUT2D eigenvalue weighted by Crippen LogP contribution is -2.18. The zero-order valence-corrected chi connectivity index (χ0v) is 16.5. The monoisotopic (exact) mass is 361 g/mol. The van der Waals surface area contributed by atoms with Gasteiger partial charge in [-0.05, 0) is 18.6 Å². The van der Waals surface area contributed by atoms with E-state index in [2.05, 4.69) is 32.8 Å². The number of anilines is 1. The fourth-order valence-electron chi connectivity index (χ4n) is 2.52. The van der Waals surface area contributed by atoms with Crippen molar-refractivity contribution in [1.82, 2.24) is 9.78 Å². The number of nitrogens with zero attached hydrogens (tertiary/aromatic N) is 2. The van der Waals surface area contributed by atoms with Gasteiger partial charge in [-0.2, -0.15) is 5.10 Å². The third-order valence-electron chi connectivity index (χ3n) is 4.01. The molecule has 1 unspecified atom stereocenters. The van der Waals surface area contributed by atoms with E-state index in [9.17, 15) is 0 Å². The van der Waals surface area contributed by atoms with Gasteiger partial charge in [0.05, 0.1) is 18.0 Å². The van der Waals surface area contributed by atoms with E-state index in [1.807, 2.05) is 30.3 Å². The molecule has 2 rings (SSSR count). The van der Waals surface area contributed by atoms with E-state index in [0.29, 0.717) is 19.0 Å². The highest BCUT2D eigenvalue weighted by Crippen LogP contribution is 2.26. The quantitative estimate of drug-likeness (QED) is 0.541. The number of benzene rings is 1. The van der Waals surface area contributed by atoms with Crippen LogP contribution in [0.2, 0.25) is 0 Å². The van der Waals surface area contributed by atoms with Crippen LogP contribution in [-0.4, -0.2) is 36.4 Å². The highest BCUT2D eigenvalue weighted by atomic mass is 16.7. The standard InChI is InChI=1S/C20H31N3O3/c1-6-8-19(24-5)26-12-11-25-16-10-7-9-15(13-16)23-18(21)14-17(22-23)20(2,3)4/h7,9-10,13-14,19H,6,8,11-12,21H2,1-5H3. The summed E-state index contributed by atoms with van der Waals surface area (Å²) in [5.41, 5.74) is 7.92. The van der Waals surface area contributed by atoms with Crippen molar-refractivity contribution in [3.8, 4) is 11.4 Å². The molecule has 0 radical (unpaired) electrons. The molecular formula is C20H31N3O3. The molecule has 1 aromatic carbocycles. The van der Waals surface area contributed by atoms with Crippen LogP contribution in [0.1, 0.15) is 46.2 Å². The summed E-state index contributed by atoms with van der Waals surface area (Å²) < 4.78 is 18.4. The molecule has 1 atom stereocenters. The normalized spacial score (nSPS) is 13.0. The number of nitrogen functional groups attached to an aromatic ring is 1. The number of ether oxygens (including phenoxy) is 3. The molecule has 0 spiro atoms. The zero-order valence-electron chi connectivity index (χ0n) is 16.5. The lowest BCUT2D eigenvalue weighted by atomic mass is 9.92. The smallest absolute Gasteiger partial charge is 0.157 e. The first-order valence-electron chi connectivity index (χ1n) is 9.08. The Balaban J connectivity index is 1.99. The summed E-state index contributed by atoms with van der Waals surface area (Å²) in [4.78, 5) is 0. The molecule has 2 N–H and O–H groups in total. The summed E-state index contributed by atoms with van der Waals surface area (Å²) in [6.45, 7) is 9.37. The molecule has 26 heavy (non-hydrogen) atoms. The molecule has 1 aromatic heterocycles. The Morgan fingerprint density at radius 3 is 2.58 bits per heavy atom. The van der Waals surface area contributed by atoms with Crippen molar-refractivity contribution >= 4 is 5.82 Å². The molecule has 0 bridgehead atoms. The average Bonchev–Trinajstić information content (AvgIpc) is 3.00. The fraction of sp³-hybridized carbons (Fsp3) is 0.550. The van der Waals surface area contributed by atoms with Crippen molar-refractivity contribution in [3.63, 3.8) is 0 Å². The van der Waals surface area contributed by atoms with Crippen molar-refractivity contribution in [2.45, 2.75) is 52.2 Å². The molecule has 0 saturated heterocycles. The van der Waals surface area contributed by atoms with Gasteiger partial charge in [0.25, 0.3) is 0 Å². The number of hydrogen-bond donors (Lipinski definition) is 1. The summed E-state index contributed by atoms with van der Waals surface area (Å²) >= 11 is 0. The highest BCUT2D eigenvalue weighted by Gasteiger charge is 2.19.